The van der Waals surface area contributed by atoms with E-state index in [4.69, 9.17) is 9.72 Å². The zero-order valence-corrected chi connectivity index (χ0v) is 51.0. The SMILES string of the molecule is CCCCc1ccc2c(c1)c1c(CCCC)cc(Oc3[c-]c(N4[CH-]N(c5c(-c6cccc(C(C)(C)C)c6)cc(C(C)(C)C)cc5-c5cc(C(C)(C)C)cc(C(C)(C)C)c5)c5ccccc54)ccc3)[c-]c1n2-c1ccccn1.[Pt]. The van der Waals surface area contributed by atoms with Gasteiger partial charge in [0.15, 0.2) is 0 Å². The zero-order valence-electron chi connectivity index (χ0n) is 48.7. The molecular weight excluding hydrogens is 1130 g/mol. The third-order valence-electron chi connectivity index (χ3n) is 15.5. The molecule has 2 aromatic heterocycles. The minimum Gasteiger partial charge on any atom is -0.509 e. The summed E-state index contributed by atoms with van der Waals surface area (Å²) < 4.78 is 9.25. The Labute approximate surface area is 481 Å². The molecule has 0 amide bonds. The molecule has 0 atom stereocenters. The van der Waals surface area contributed by atoms with Gasteiger partial charge in [-0.1, -0.05) is 200 Å². The molecule has 0 saturated heterocycles. The van der Waals surface area contributed by atoms with E-state index < -0.39 is 0 Å². The minimum atomic E-state index is -0.127. The Morgan fingerprint density at radius 2 is 1.13 bits per heavy atom. The van der Waals surface area contributed by atoms with Crippen LogP contribution in [-0.4, -0.2) is 9.55 Å². The van der Waals surface area contributed by atoms with Crippen LogP contribution in [0.25, 0.3) is 49.9 Å². The Balaban J connectivity index is 0.00000740. The first-order valence-corrected chi connectivity index (χ1v) is 28.2. The van der Waals surface area contributed by atoms with E-state index in [-0.39, 0.29) is 42.7 Å². The number of hydrogen-bond donors (Lipinski definition) is 0. The van der Waals surface area contributed by atoms with Gasteiger partial charge < -0.3 is 19.1 Å². The van der Waals surface area contributed by atoms with E-state index in [1.807, 2.05) is 18.3 Å². The van der Waals surface area contributed by atoms with Gasteiger partial charge in [0.2, 0.25) is 0 Å². The molecule has 10 rings (SSSR count). The van der Waals surface area contributed by atoms with Crippen molar-refractivity contribution in [3.63, 3.8) is 0 Å². The van der Waals surface area contributed by atoms with Crippen LogP contribution in [0.3, 0.4) is 0 Å². The first-order chi connectivity index (χ1) is 36.6. The molecule has 0 radical (unpaired) electrons. The molecule has 5 nitrogen and oxygen atoms in total. The second kappa shape index (κ2) is 22.0. The number of para-hydroxylation sites is 2. The third-order valence-corrected chi connectivity index (χ3v) is 15.5. The molecule has 6 heteroatoms. The van der Waals surface area contributed by atoms with Gasteiger partial charge in [-0.3, -0.25) is 0 Å². The van der Waals surface area contributed by atoms with Crippen LogP contribution in [0.1, 0.15) is 156 Å². The van der Waals surface area contributed by atoms with E-state index in [2.05, 4.69) is 257 Å². The largest absolute Gasteiger partial charge is 0.509 e. The summed E-state index contributed by atoms with van der Waals surface area (Å²) in [5.74, 6) is 2.14. The van der Waals surface area contributed by atoms with Gasteiger partial charge in [-0.05, 0) is 128 Å². The fourth-order valence-electron chi connectivity index (χ4n) is 10.9. The summed E-state index contributed by atoms with van der Waals surface area (Å²) in [6.07, 6.45) is 8.33. The van der Waals surface area contributed by atoms with E-state index in [1.165, 1.54) is 66.4 Å². The summed E-state index contributed by atoms with van der Waals surface area (Å²) >= 11 is 0. The van der Waals surface area contributed by atoms with Gasteiger partial charge in [0.25, 0.3) is 0 Å². The van der Waals surface area contributed by atoms with Crippen molar-refractivity contribution in [1.29, 1.82) is 0 Å². The molecule has 0 spiro atoms. The number of benzene rings is 7. The van der Waals surface area contributed by atoms with E-state index in [9.17, 15) is 0 Å². The van der Waals surface area contributed by atoms with Crippen molar-refractivity contribution in [2.75, 3.05) is 9.80 Å². The predicted octanol–water partition coefficient (Wildman–Crippen LogP) is 20.2. The summed E-state index contributed by atoms with van der Waals surface area (Å²) in [6, 6.07) is 59.4. The molecular formula is C72H79N4OPt-3. The molecule has 3 heterocycles. The predicted molar refractivity (Wildman–Crippen MR) is 327 cm³/mol. The average Bonchev–Trinajstić information content (AvgIpc) is 4.13. The summed E-state index contributed by atoms with van der Waals surface area (Å²) in [7, 11) is 0. The van der Waals surface area contributed by atoms with Crippen LogP contribution in [0, 0.1) is 18.8 Å². The summed E-state index contributed by atoms with van der Waals surface area (Å²) in [4.78, 5) is 9.60. The maximum atomic E-state index is 6.99. The van der Waals surface area contributed by atoms with Crippen LogP contribution in [0.4, 0.5) is 22.7 Å². The minimum absolute atomic E-state index is 0. The van der Waals surface area contributed by atoms with Crippen LogP contribution >= 0.6 is 0 Å². The van der Waals surface area contributed by atoms with Crippen LogP contribution in [0.5, 0.6) is 11.5 Å². The second-order valence-electron chi connectivity index (χ2n) is 25.6. The van der Waals surface area contributed by atoms with Gasteiger partial charge in [-0.15, -0.1) is 48.3 Å². The van der Waals surface area contributed by atoms with Crippen LogP contribution in [0.2, 0.25) is 0 Å². The number of aryl methyl sites for hydroxylation is 2. The van der Waals surface area contributed by atoms with Crippen molar-refractivity contribution < 1.29 is 25.8 Å². The quantitative estimate of drug-likeness (QED) is 0.108. The Morgan fingerprint density at radius 1 is 0.526 bits per heavy atom. The second-order valence-corrected chi connectivity index (χ2v) is 25.6. The van der Waals surface area contributed by atoms with Crippen LogP contribution < -0.4 is 14.5 Å². The number of nitrogens with zero attached hydrogens (tertiary/aromatic N) is 4. The zero-order chi connectivity index (χ0) is 54.6. The Kier molecular flexibility index (Phi) is 15.9. The van der Waals surface area contributed by atoms with E-state index in [0.29, 0.717) is 11.5 Å². The molecule has 0 saturated carbocycles. The Morgan fingerprint density at radius 3 is 1.77 bits per heavy atom. The molecule has 0 N–H and O–H groups in total. The number of rotatable bonds is 13. The standard InChI is InChI=1S/C72H79N4O.Pt/c1-15-17-25-48-34-35-62-61(37-48)67-50(26-18-16-2)41-58(46-65(67)76(62)66-33-21-22-36-73-66)77-57-30-24-29-56(45-57)74-47-75(64-32-20-19-31-63(64)74)68-59(49-27-23-28-52(38-49)69(3,4)5)43-55(72(12,13)14)44-60(68)51-39-53(70(6,7)8)42-54(40-51)71(9,10)11;/h19-24,27-44,47H,15-18,25-26H2,1-14H3;/q-3;. The number of ether oxygens (including phenoxy) is 1. The van der Waals surface area contributed by atoms with Crippen molar-refractivity contribution >= 4 is 44.6 Å². The van der Waals surface area contributed by atoms with Crippen molar-refractivity contribution in [2.45, 2.75) is 157 Å². The number of unbranched alkanes of at least 4 members (excludes halogenated alkanes) is 2. The van der Waals surface area contributed by atoms with E-state index in [0.717, 1.165) is 78.1 Å². The smallest absolute Gasteiger partial charge is 0.135 e. The Bertz CT molecular complexity index is 3580. The normalized spacial score (nSPS) is 13.1. The van der Waals surface area contributed by atoms with Crippen LogP contribution in [-0.2, 0) is 55.6 Å². The average molecular weight is 1210 g/mol. The molecule has 1 aliphatic heterocycles. The fraction of sp³-hybridized carbons (Fsp3) is 0.333. The van der Waals surface area contributed by atoms with Gasteiger partial charge in [0, 0.05) is 72.5 Å². The third kappa shape index (κ3) is 11.4. The molecule has 7 aromatic carbocycles. The molecule has 78 heavy (non-hydrogen) atoms. The first-order valence-electron chi connectivity index (χ1n) is 28.2. The first kappa shape index (κ1) is 56.3. The molecule has 0 unspecified atom stereocenters. The monoisotopic (exact) mass is 1210 g/mol. The number of anilines is 4. The molecule has 0 fully saturated rings. The van der Waals surface area contributed by atoms with Crippen LogP contribution in [0.15, 0.2) is 146 Å². The van der Waals surface area contributed by atoms with Crippen molar-refractivity contribution in [1.82, 2.24) is 9.55 Å². The summed E-state index contributed by atoms with van der Waals surface area (Å²) in [5, 5.41) is 2.47. The summed E-state index contributed by atoms with van der Waals surface area (Å²) in [6.45, 7) is 34.7. The maximum absolute atomic E-state index is 6.99. The van der Waals surface area contributed by atoms with Gasteiger partial charge in [0.1, 0.15) is 5.82 Å². The molecule has 0 bridgehead atoms. The maximum Gasteiger partial charge on any atom is 0.135 e. The number of hydrogen-bond acceptors (Lipinski definition) is 4. The molecule has 0 aliphatic carbocycles. The Hall–Kier alpha value is -6.42. The van der Waals surface area contributed by atoms with Gasteiger partial charge in [-0.25, -0.2) is 4.98 Å². The summed E-state index contributed by atoms with van der Waals surface area (Å²) in [5.41, 5.74) is 18.6. The van der Waals surface area contributed by atoms with E-state index in [1.54, 1.807) is 0 Å². The van der Waals surface area contributed by atoms with Gasteiger partial charge >= 0.3 is 0 Å². The molecule has 9 aromatic rings. The molecule has 1 aliphatic rings. The molecule has 406 valence electrons. The van der Waals surface area contributed by atoms with Gasteiger partial charge in [0.05, 0.1) is 0 Å². The van der Waals surface area contributed by atoms with Crippen molar-refractivity contribution in [2.24, 2.45) is 0 Å². The number of fused-ring (bicyclic) bond motifs is 4. The van der Waals surface area contributed by atoms with E-state index >= 15 is 0 Å². The van der Waals surface area contributed by atoms with Gasteiger partial charge in [-0.2, -0.15) is 6.07 Å². The number of pyridine rings is 1. The number of aromatic nitrogens is 2. The van der Waals surface area contributed by atoms with Crippen molar-refractivity contribution in [3.8, 4) is 39.6 Å². The topological polar surface area (TPSA) is 33.5 Å². The van der Waals surface area contributed by atoms with Crippen molar-refractivity contribution in [3.05, 3.63) is 198 Å². The fourth-order valence-corrected chi connectivity index (χ4v) is 10.9.